The van der Waals surface area contributed by atoms with E-state index in [0.29, 0.717) is 33.3 Å². The zero-order chi connectivity index (χ0) is 22.7. The predicted octanol–water partition coefficient (Wildman–Crippen LogP) is 6.31. The Labute approximate surface area is 193 Å². The van der Waals surface area contributed by atoms with Crippen LogP contribution < -0.4 is 14.4 Å². The highest BCUT2D eigenvalue weighted by atomic mass is 35.5. The van der Waals surface area contributed by atoms with Crippen LogP contribution in [0.5, 0.6) is 11.5 Å². The number of methoxy groups -OCH3 is 1. The number of nitrogens with zero attached hydrogens (tertiary/aromatic N) is 1. The van der Waals surface area contributed by atoms with Gasteiger partial charge in [0.15, 0.2) is 0 Å². The molecule has 5 nitrogen and oxygen atoms in total. The van der Waals surface area contributed by atoms with Gasteiger partial charge in [0.05, 0.1) is 22.7 Å². The molecule has 0 bridgehead atoms. The zero-order valence-electron chi connectivity index (χ0n) is 16.9. The van der Waals surface area contributed by atoms with Crippen LogP contribution in [0.1, 0.15) is 11.1 Å². The molecule has 3 aromatic carbocycles. The molecule has 1 fully saturated rings. The maximum Gasteiger partial charge on any atom is 0.298 e. The summed E-state index contributed by atoms with van der Waals surface area (Å²) in [6.07, 6.45) is 1.60. The third-order valence-electron chi connectivity index (χ3n) is 4.66. The summed E-state index contributed by atoms with van der Waals surface area (Å²) in [5.74, 6) is 0.0794. The van der Waals surface area contributed by atoms with E-state index in [2.05, 4.69) is 0 Å². The molecule has 0 atom stereocenters. The molecule has 8 heteroatoms. The lowest BCUT2D eigenvalue weighted by atomic mass is 10.2. The van der Waals surface area contributed by atoms with Gasteiger partial charge in [-0.25, -0.2) is 9.29 Å². The molecule has 3 aromatic rings. The molecule has 1 saturated heterocycles. The molecule has 0 saturated carbocycles. The van der Waals surface area contributed by atoms with Gasteiger partial charge in [0.2, 0.25) is 0 Å². The van der Waals surface area contributed by atoms with E-state index in [4.69, 9.17) is 21.1 Å². The van der Waals surface area contributed by atoms with Crippen molar-refractivity contribution in [1.29, 1.82) is 0 Å². The third-order valence-corrected chi connectivity index (χ3v) is 5.82. The molecule has 162 valence electrons. The fraction of sp³-hybridized carbons (Fsp3) is 0.0833. The largest absolute Gasteiger partial charge is 0.495 e. The van der Waals surface area contributed by atoms with Crippen molar-refractivity contribution in [1.82, 2.24) is 0 Å². The Morgan fingerprint density at radius 2 is 1.84 bits per heavy atom. The number of anilines is 1. The van der Waals surface area contributed by atoms with E-state index < -0.39 is 11.1 Å². The van der Waals surface area contributed by atoms with Gasteiger partial charge in [-0.3, -0.25) is 9.59 Å². The van der Waals surface area contributed by atoms with Gasteiger partial charge in [0.1, 0.15) is 23.9 Å². The lowest BCUT2D eigenvalue weighted by molar-refractivity contribution is -0.113. The molecular weight excluding hydrogens is 453 g/mol. The molecule has 1 heterocycles. The number of carbonyl (C=O) groups is 2. The van der Waals surface area contributed by atoms with E-state index >= 15 is 0 Å². The van der Waals surface area contributed by atoms with Crippen LogP contribution in [-0.2, 0) is 11.4 Å². The Morgan fingerprint density at radius 1 is 1.03 bits per heavy atom. The minimum absolute atomic E-state index is 0.161. The molecule has 0 radical (unpaired) electrons. The van der Waals surface area contributed by atoms with Crippen LogP contribution in [0.25, 0.3) is 6.08 Å². The predicted molar refractivity (Wildman–Crippen MR) is 124 cm³/mol. The van der Waals surface area contributed by atoms with Crippen LogP contribution in [0.4, 0.5) is 14.9 Å². The van der Waals surface area contributed by atoms with Crippen LogP contribution in [0, 0.1) is 5.82 Å². The highest BCUT2D eigenvalue weighted by Crippen LogP contribution is 2.40. The standard InChI is InChI=1S/C24H17ClFNO4S/c1-30-21-8-3-2-7-19(21)27-23(28)22(32-24(27)29)13-15-9-10-20(18(25)12-15)31-14-16-5-4-6-17(26)11-16/h2-13H,14H2,1H3/b22-13-. The number of ether oxygens (including phenoxy) is 2. The van der Waals surface area contributed by atoms with Crippen LogP contribution in [0.15, 0.2) is 71.6 Å². The molecular formula is C24H17ClFNO4S. The van der Waals surface area contributed by atoms with Crippen molar-refractivity contribution in [2.24, 2.45) is 0 Å². The SMILES string of the molecule is COc1ccccc1N1C(=O)S/C(=C\c2ccc(OCc3cccc(F)c3)c(Cl)c2)C1=O. The van der Waals surface area contributed by atoms with Gasteiger partial charge >= 0.3 is 0 Å². The molecule has 1 aliphatic rings. The first kappa shape index (κ1) is 21.9. The monoisotopic (exact) mass is 469 g/mol. The highest BCUT2D eigenvalue weighted by molar-refractivity contribution is 8.19. The van der Waals surface area contributed by atoms with Gasteiger partial charge < -0.3 is 9.47 Å². The molecule has 4 rings (SSSR count). The average molecular weight is 470 g/mol. The number of para-hydroxylation sites is 2. The van der Waals surface area contributed by atoms with E-state index in [1.165, 1.54) is 19.2 Å². The lowest BCUT2D eigenvalue weighted by Crippen LogP contribution is -2.28. The average Bonchev–Trinajstić information content (AvgIpc) is 3.05. The quantitative estimate of drug-likeness (QED) is 0.396. The van der Waals surface area contributed by atoms with E-state index in [0.717, 1.165) is 16.7 Å². The first-order valence-corrected chi connectivity index (χ1v) is 10.7. The number of rotatable bonds is 6. The number of carbonyl (C=O) groups excluding carboxylic acids is 2. The van der Waals surface area contributed by atoms with Gasteiger partial charge in [-0.05, 0) is 65.4 Å². The molecule has 32 heavy (non-hydrogen) atoms. The Kier molecular flexibility index (Phi) is 6.48. The topological polar surface area (TPSA) is 55.8 Å². The van der Waals surface area contributed by atoms with Crippen molar-refractivity contribution in [2.75, 3.05) is 12.0 Å². The molecule has 0 aromatic heterocycles. The fourth-order valence-electron chi connectivity index (χ4n) is 3.15. The lowest BCUT2D eigenvalue weighted by Gasteiger charge is -2.15. The number of benzene rings is 3. The summed E-state index contributed by atoms with van der Waals surface area (Å²) in [5, 5.41) is -0.0778. The summed E-state index contributed by atoms with van der Waals surface area (Å²) in [4.78, 5) is 26.8. The number of halogens is 2. The maximum atomic E-state index is 13.3. The van der Waals surface area contributed by atoms with E-state index in [-0.39, 0.29) is 17.3 Å². The Morgan fingerprint density at radius 3 is 2.59 bits per heavy atom. The number of imide groups is 1. The van der Waals surface area contributed by atoms with E-state index in [1.807, 2.05) is 0 Å². The van der Waals surface area contributed by atoms with Gasteiger partial charge in [-0.2, -0.15) is 0 Å². The first-order valence-electron chi connectivity index (χ1n) is 9.54. The second-order valence-electron chi connectivity index (χ2n) is 6.80. The molecule has 0 spiro atoms. The Bertz CT molecular complexity index is 1230. The van der Waals surface area contributed by atoms with Crippen molar-refractivity contribution in [3.63, 3.8) is 0 Å². The smallest absolute Gasteiger partial charge is 0.298 e. The zero-order valence-corrected chi connectivity index (χ0v) is 18.5. The van der Waals surface area contributed by atoms with E-state index in [1.54, 1.807) is 60.7 Å². The molecule has 0 unspecified atom stereocenters. The molecule has 1 aliphatic heterocycles. The highest BCUT2D eigenvalue weighted by Gasteiger charge is 2.37. The molecule has 2 amide bonds. The van der Waals surface area contributed by atoms with Crippen molar-refractivity contribution < 1.29 is 23.5 Å². The summed E-state index contributed by atoms with van der Waals surface area (Å²) in [5.41, 5.74) is 1.70. The van der Waals surface area contributed by atoms with Crippen LogP contribution >= 0.6 is 23.4 Å². The first-order chi connectivity index (χ1) is 15.5. The van der Waals surface area contributed by atoms with Crippen molar-refractivity contribution in [2.45, 2.75) is 6.61 Å². The minimum atomic E-state index is -0.438. The van der Waals surface area contributed by atoms with E-state index in [9.17, 15) is 14.0 Å². The Hall–Kier alpha value is -3.29. The van der Waals surface area contributed by atoms with Crippen molar-refractivity contribution in [3.8, 4) is 11.5 Å². The third kappa shape index (κ3) is 4.64. The number of hydrogen-bond acceptors (Lipinski definition) is 5. The molecule has 0 N–H and O–H groups in total. The normalized spacial score (nSPS) is 14.8. The second kappa shape index (κ2) is 9.46. The van der Waals surface area contributed by atoms with Crippen LogP contribution in [0.2, 0.25) is 5.02 Å². The summed E-state index contributed by atoms with van der Waals surface area (Å²) < 4.78 is 24.2. The number of amides is 2. The van der Waals surface area contributed by atoms with Gasteiger partial charge in [-0.15, -0.1) is 0 Å². The minimum Gasteiger partial charge on any atom is -0.495 e. The van der Waals surface area contributed by atoms with Crippen molar-refractivity contribution >= 4 is 46.3 Å². The molecule has 0 aliphatic carbocycles. The van der Waals surface area contributed by atoms with Gasteiger partial charge in [0, 0.05) is 0 Å². The second-order valence-corrected chi connectivity index (χ2v) is 8.20. The maximum absolute atomic E-state index is 13.3. The van der Waals surface area contributed by atoms with Gasteiger partial charge in [0.25, 0.3) is 11.1 Å². The van der Waals surface area contributed by atoms with Gasteiger partial charge in [-0.1, -0.05) is 41.9 Å². The summed E-state index contributed by atoms with van der Waals surface area (Å²) >= 11 is 7.17. The van der Waals surface area contributed by atoms with Crippen molar-refractivity contribution in [3.05, 3.63) is 93.6 Å². The number of thioether (sulfide) groups is 1. The van der Waals surface area contributed by atoms with Crippen LogP contribution in [-0.4, -0.2) is 18.3 Å². The summed E-state index contributed by atoms with van der Waals surface area (Å²) in [7, 11) is 1.48. The fourth-order valence-corrected chi connectivity index (χ4v) is 4.23. The Balaban J connectivity index is 1.52. The number of hydrogen-bond donors (Lipinski definition) is 0. The van der Waals surface area contributed by atoms with Crippen LogP contribution in [0.3, 0.4) is 0 Å². The summed E-state index contributed by atoms with van der Waals surface area (Å²) in [6, 6.07) is 18.0. The summed E-state index contributed by atoms with van der Waals surface area (Å²) in [6.45, 7) is 0.161.